The van der Waals surface area contributed by atoms with E-state index in [-0.39, 0.29) is 10.1 Å². The summed E-state index contributed by atoms with van der Waals surface area (Å²) >= 11 is 10.3. The third-order valence-electron chi connectivity index (χ3n) is 1.97. The van der Waals surface area contributed by atoms with Gasteiger partial charge in [-0.15, -0.1) is 11.6 Å². The molecule has 3 unspecified atom stereocenters. The fourth-order valence-electron chi connectivity index (χ4n) is 1.23. The van der Waals surface area contributed by atoms with E-state index in [0.717, 1.165) is 0 Å². The van der Waals surface area contributed by atoms with Crippen LogP contribution in [0.5, 0.6) is 0 Å². The second kappa shape index (κ2) is 1.58. The van der Waals surface area contributed by atoms with Crippen molar-refractivity contribution in [3.05, 3.63) is 24.3 Å². The summed E-state index contributed by atoms with van der Waals surface area (Å²) in [6.07, 6.45) is 8.22. The maximum absolute atomic E-state index is 5.92. The van der Waals surface area contributed by atoms with E-state index in [4.69, 9.17) is 11.6 Å². The van der Waals surface area contributed by atoms with E-state index in [2.05, 4.69) is 24.8 Å². The maximum atomic E-state index is 5.92. The summed E-state index contributed by atoms with van der Waals surface area (Å²) in [5.74, 6) is 0.479. The first kappa shape index (κ1) is 5.87. The van der Waals surface area contributed by atoms with E-state index >= 15 is 0 Å². The van der Waals surface area contributed by atoms with Crippen LogP contribution in [-0.4, -0.2) is 10.1 Å². The fourth-order valence-corrected chi connectivity index (χ4v) is 2.16. The molecule has 1 fully saturated rings. The number of rotatable bonds is 0. The van der Waals surface area contributed by atoms with Crippen molar-refractivity contribution in [2.45, 2.75) is 10.1 Å². The van der Waals surface area contributed by atoms with Crippen LogP contribution in [0, 0.1) is 5.92 Å². The number of allylic oxidation sites excluding steroid dienone is 3. The predicted molar refractivity (Wildman–Crippen MR) is 43.1 cm³/mol. The lowest BCUT2D eigenvalue weighted by molar-refractivity contribution is 1.03. The van der Waals surface area contributed by atoms with Gasteiger partial charge in [-0.05, 0) is 0 Å². The smallest absolute Gasteiger partial charge is 0.0601 e. The number of alkyl halides is 1. The van der Waals surface area contributed by atoms with Gasteiger partial charge in [0.05, 0.1) is 10.1 Å². The number of hydrogen-bond donors (Lipinski definition) is 1. The van der Waals surface area contributed by atoms with Crippen LogP contribution in [-0.2, 0) is 0 Å². The molecule has 0 aromatic rings. The van der Waals surface area contributed by atoms with Crippen molar-refractivity contribution >= 4 is 24.2 Å². The number of fused-ring (bicyclic) bond motifs is 1. The Morgan fingerprint density at radius 3 is 2.67 bits per heavy atom. The third kappa shape index (κ3) is 0.622. The quantitative estimate of drug-likeness (QED) is 0.405. The van der Waals surface area contributed by atoms with Gasteiger partial charge in [-0.25, -0.2) is 0 Å². The molecule has 0 heterocycles. The highest BCUT2D eigenvalue weighted by Crippen LogP contribution is 2.56. The topological polar surface area (TPSA) is 0 Å². The standard InChI is InChI=1S/C7H7ClS/c8-6-5-3-1-2-4-7(5,6)9/h1-6,9H. The summed E-state index contributed by atoms with van der Waals surface area (Å²) in [4.78, 5) is 0. The molecule has 0 nitrogen and oxygen atoms in total. The summed E-state index contributed by atoms with van der Waals surface area (Å²) in [6, 6.07) is 0. The van der Waals surface area contributed by atoms with Gasteiger partial charge in [0, 0.05) is 5.92 Å². The molecular formula is C7H7ClS. The molecule has 0 saturated heterocycles. The largest absolute Gasteiger partial charge is 0.166 e. The molecule has 0 aromatic heterocycles. The lowest BCUT2D eigenvalue weighted by Crippen LogP contribution is -1.99. The SMILES string of the molecule is SC12C=CC=CC1C2Cl. The summed E-state index contributed by atoms with van der Waals surface area (Å²) in [6.45, 7) is 0. The molecule has 0 spiro atoms. The highest BCUT2D eigenvalue weighted by atomic mass is 35.5. The second-order valence-corrected chi connectivity index (χ2v) is 3.80. The summed E-state index contributed by atoms with van der Waals surface area (Å²) < 4.78 is -0.00367. The Kier molecular flexibility index (Phi) is 1.03. The zero-order chi connectivity index (χ0) is 6.48. The minimum atomic E-state index is -0.00367. The van der Waals surface area contributed by atoms with Crippen molar-refractivity contribution < 1.29 is 0 Å². The summed E-state index contributed by atoms with van der Waals surface area (Å²) in [7, 11) is 0. The van der Waals surface area contributed by atoms with Crippen molar-refractivity contribution in [3.8, 4) is 0 Å². The van der Waals surface area contributed by atoms with Gasteiger partial charge in [-0.1, -0.05) is 24.3 Å². The molecule has 0 N–H and O–H groups in total. The van der Waals surface area contributed by atoms with Crippen LogP contribution in [0.25, 0.3) is 0 Å². The van der Waals surface area contributed by atoms with Gasteiger partial charge in [0.2, 0.25) is 0 Å². The molecule has 0 radical (unpaired) electrons. The van der Waals surface area contributed by atoms with Gasteiger partial charge in [0.15, 0.2) is 0 Å². The Morgan fingerprint density at radius 1 is 1.44 bits per heavy atom. The average Bonchev–Trinajstić information content (AvgIpc) is 2.38. The fraction of sp³-hybridized carbons (Fsp3) is 0.429. The van der Waals surface area contributed by atoms with Crippen molar-refractivity contribution in [1.29, 1.82) is 0 Å². The molecule has 1 saturated carbocycles. The molecule has 48 valence electrons. The summed E-state index contributed by atoms with van der Waals surface area (Å²) in [5, 5.41) is 0.218. The van der Waals surface area contributed by atoms with Crippen molar-refractivity contribution in [1.82, 2.24) is 0 Å². The molecule has 2 aliphatic carbocycles. The lowest BCUT2D eigenvalue weighted by Gasteiger charge is -2.01. The van der Waals surface area contributed by atoms with Gasteiger partial charge in [0.1, 0.15) is 0 Å². The Morgan fingerprint density at radius 2 is 2.22 bits per heavy atom. The number of hydrogen-bond acceptors (Lipinski definition) is 1. The van der Waals surface area contributed by atoms with Crippen LogP contribution in [0.2, 0.25) is 0 Å². The molecule has 9 heavy (non-hydrogen) atoms. The third-order valence-corrected chi connectivity index (χ3v) is 3.48. The second-order valence-electron chi connectivity index (χ2n) is 2.56. The van der Waals surface area contributed by atoms with E-state index in [1.807, 2.05) is 12.2 Å². The van der Waals surface area contributed by atoms with Gasteiger partial charge < -0.3 is 0 Å². The van der Waals surface area contributed by atoms with E-state index in [0.29, 0.717) is 5.92 Å². The van der Waals surface area contributed by atoms with Crippen LogP contribution >= 0.6 is 24.2 Å². The van der Waals surface area contributed by atoms with Gasteiger partial charge in [0.25, 0.3) is 0 Å². The maximum Gasteiger partial charge on any atom is 0.0601 e. The first-order chi connectivity index (χ1) is 4.25. The minimum absolute atomic E-state index is 0.00367. The van der Waals surface area contributed by atoms with Gasteiger partial charge in [-0.2, -0.15) is 12.6 Å². The zero-order valence-corrected chi connectivity index (χ0v) is 6.44. The lowest BCUT2D eigenvalue weighted by atomic mass is 10.2. The van der Waals surface area contributed by atoms with Crippen LogP contribution in [0.4, 0.5) is 0 Å². The first-order valence-corrected chi connectivity index (χ1v) is 3.86. The Bertz CT molecular complexity index is 197. The van der Waals surface area contributed by atoms with Crippen LogP contribution in [0.3, 0.4) is 0 Å². The monoisotopic (exact) mass is 158 g/mol. The van der Waals surface area contributed by atoms with Gasteiger partial charge in [-0.3, -0.25) is 0 Å². The Balaban J connectivity index is 2.33. The van der Waals surface area contributed by atoms with Crippen LogP contribution in [0.15, 0.2) is 24.3 Å². The highest BCUT2D eigenvalue weighted by Gasteiger charge is 2.59. The minimum Gasteiger partial charge on any atom is -0.166 e. The Labute approximate surface area is 65.0 Å². The molecule has 0 bridgehead atoms. The van der Waals surface area contributed by atoms with Crippen LogP contribution < -0.4 is 0 Å². The van der Waals surface area contributed by atoms with E-state index in [1.54, 1.807) is 0 Å². The van der Waals surface area contributed by atoms with E-state index in [9.17, 15) is 0 Å². The Hall–Kier alpha value is 0.120. The van der Waals surface area contributed by atoms with Crippen molar-refractivity contribution in [2.75, 3.05) is 0 Å². The molecule has 0 aliphatic heterocycles. The van der Waals surface area contributed by atoms with Crippen molar-refractivity contribution in [2.24, 2.45) is 5.92 Å². The normalized spacial score (nSPS) is 53.1. The van der Waals surface area contributed by atoms with E-state index < -0.39 is 0 Å². The first-order valence-electron chi connectivity index (χ1n) is 2.97. The van der Waals surface area contributed by atoms with Crippen LogP contribution in [0.1, 0.15) is 0 Å². The molecule has 2 rings (SSSR count). The molecule has 2 heteroatoms. The molecule has 2 aliphatic rings. The average molecular weight is 159 g/mol. The predicted octanol–water partition coefficient (Wildman–Crippen LogP) is 2.02. The molecule has 0 amide bonds. The molecule has 3 atom stereocenters. The molecule has 0 aromatic carbocycles. The summed E-state index contributed by atoms with van der Waals surface area (Å²) in [5.41, 5.74) is 0. The zero-order valence-electron chi connectivity index (χ0n) is 4.79. The number of halogens is 1. The number of thiol groups is 1. The van der Waals surface area contributed by atoms with Crippen molar-refractivity contribution in [3.63, 3.8) is 0 Å². The van der Waals surface area contributed by atoms with Gasteiger partial charge >= 0.3 is 0 Å². The van der Waals surface area contributed by atoms with E-state index in [1.165, 1.54) is 0 Å². The highest BCUT2D eigenvalue weighted by molar-refractivity contribution is 7.82. The molecular weight excluding hydrogens is 152 g/mol.